The van der Waals surface area contributed by atoms with Gasteiger partial charge in [-0.2, -0.15) is 5.26 Å². The van der Waals surface area contributed by atoms with Crippen LogP contribution in [0.2, 0.25) is 0 Å². The Bertz CT molecular complexity index is 1100. The van der Waals surface area contributed by atoms with Crippen LogP contribution in [-0.4, -0.2) is 46.7 Å². The third-order valence-corrected chi connectivity index (χ3v) is 6.40. The number of piperidine rings is 1. The number of carbonyl (C=O) groups excluding carboxylic acids is 1. The lowest BCUT2D eigenvalue weighted by molar-refractivity contribution is 0.0531. The molecule has 3 aromatic rings. The normalized spacial score (nSPS) is 14.5. The first kappa shape index (κ1) is 20.0. The zero-order valence-corrected chi connectivity index (χ0v) is 17.7. The van der Waals surface area contributed by atoms with Gasteiger partial charge in [0.15, 0.2) is 0 Å². The minimum absolute atomic E-state index is 0.267. The average Bonchev–Trinajstić information content (AvgIpc) is 3.12. The van der Waals surface area contributed by atoms with Crippen molar-refractivity contribution in [2.75, 3.05) is 29.9 Å². The molecule has 8 nitrogen and oxygen atoms in total. The fraction of sp³-hybridized carbons (Fsp3) is 0.381. The van der Waals surface area contributed by atoms with E-state index in [2.05, 4.69) is 31.2 Å². The van der Waals surface area contributed by atoms with E-state index in [1.165, 1.54) is 17.7 Å². The van der Waals surface area contributed by atoms with Crippen LogP contribution >= 0.6 is 11.3 Å². The molecule has 4 rings (SSSR count). The highest BCUT2D eigenvalue weighted by atomic mass is 32.1. The first-order chi connectivity index (χ1) is 14.6. The van der Waals surface area contributed by atoms with E-state index in [1.807, 2.05) is 13.0 Å². The molecule has 0 spiro atoms. The number of hydrogen-bond acceptors (Lipinski definition) is 9. The van der Waals surface area contributed by atoms with Gasteiger partial charge in [-0.05, 0) is 44.4 Å². The maximum absolute atomic E-state index is 12.2. The van der Waals surface area contributed by atoms with E-state index in [4.69, 9.17) is 10.00 Å². The topological polar surface area (TPSA) is 104 Å². The van der Waals surface area contributed by atoms with Gasteiger partial charge in [0.1, 0.15) is 33.7 Å². The van der Waals surface area contributed by atoms with E-state index in [0.717, 1.165) is 53.3 Å². The number of nitrogens with one attached hydrogen (secondary N) is 1. The number of nitriles is 1. The molecule has 0 aromatic carbocycles. The van der Waals surface area contributed by atoms with Gasteiger partial charge in [-0.15, -0.1) is 11.3 Å². The van der Waals surface area contributed by atoms with Crippen LogP contribution in [0, 0.1) is 18.3 Å². The Kier molecular flexibility index (Phi) is 5.77. The van der Waals surface area contributed by atoms with E-state index >= 15 is 0 Å². The van der Waals surface area contributed by atoms with Crippen molar-refractivity contribution >= 4 is 39.2 Å². The van der Waals surface area contributed by atoms with Crippen molar-refractivity contribution in [2.24, 2.45) is 0 Å². The standard InChI is InChI=1S/C21H22N6O2S/c1-3-29-21(28)18-13(2)17-19(24-12-25-20(17)30-18)26-15-6-8-27(9-7-15)16-5-4-14(10-22)11-23-16/h4-5,11-12,15H,3,6-9H2,1-2H3,(H,24,25,26). The third kappa shape index (κ3) is 3.91. The molecule has 0 bridgehead atoms. The Morgan fingerprint density at radius 1 is 1.33 bits per heavy atom. The van der Waals surface area contributed by atoms with Gasteiger partial charge in [-0.3, -0.25) is 0 Å². The summed E-state index contributed by atoms with van der Waals surface area (Å²) in [5.41, 5.74) is 1.42. The molecule has 9 heteroatoms. The van der Waals surface area contributed by atoms with Gasteiger partial charge in [0.05, 0.1) is 17.6 Å². The van der Waals surface area contributed by atoms with Gasteiger partial charge < -0.3 is 15.0 Å². The molecule has 0 aliphatic carbocycles. The lowest BCUT2D eigenvalue weighted by Crippen LogP contribution is -2.39. The SMILES string of the molecule is CCOC(=O)c1sc2ncnc(NC3CCN(c4ccc(C#N)cn4)CC3)c2c1C. The number of aromatic nitrogens is 3. The second-order valence-electron chi connectivity index (χ2n) is 7.10. The van der Waals surface area contributed by atoms with Crippen molar-refractivity contribution in [3.63, 3.8) is 0 Å². The Balaban J connectivity index is 1.47. The van der Waals surface area contributed by atoms with E-state index in [1.54, 1.807) is 19.2 Å². The summed E-state index contributed by atoms with van der Waals surface area (Å²) in [7, 11) is 0. The van der Waals surface area contributed by atoms with Crippen molar-refractivity contribution in [3.05, 3.63) is 40.7 Å². The average molecular weight is 423 g/mol. The van der Waals surface area contributed by atoms with Crippen LogP contribution in [0.15, 0.2) is 24.7 Å². The van der Waals surface area contributed by atoms with Crippen LogP contribution in [0.3, 0.4) is 0 Å². The number of rotatable bonds is 5. The maximum Gasteiger partial charge on any atom is 0.348 e. The summed E-state index contributed by atoms with van der Waals surface area (Å²) in [6, 6.07) is 6.05. The van der Waals surface area contributed by atoms with E-state index in [-0.39, 0.29) is 12.0 Å². The second-order valence-corrected chi connectivity index (χ2v) is 8.10. The van der Waals surface area contributed by atoms with E-state index in [0.29, 0.717) is 17.0 Å². The number of nitrogens with zero attached hydrogens (tertiary/aromatic N) is 5. The fourth-order valence-electron chi connectivity index (χ4n) is 3.66. The molecular formula is C21H22N6O2S. The molecule has 0 saturated carbocycles. The third-order valence-electron chi connectivity index (χ3n) is 5.22. The van der Waals surface area contributed by atoms with Gasteiger partial charge in [-0.1, -0.05) is 0 Å². The summed E-state index contributed by atoms with van der Waals surface area (Å²) >= 11 is 1.34. The van der Waals surface area contributed by atoms with Gasteiger partial charge in [0.25, 0.3) is 0 Å². The van der Waals surface area contributed by atoms with Crippen molar-refractivity contribution in [1.29, 1.82) is 5.26 Å². The van der Waals surface area contributed by atoms with Crippen LogP contribution < -0.4 is 10.2 Å². The molecule has 0 unspecified atom stereocenters. The predicted octanol–water partition coefficient (Wildman–Crippen LogP) is 3.52. The molecule has 4 heterocycles. The van der Waals surface area contributed by atoms with E-state index in [9.17, 15) is 4.79 Å². The van der Waals surface area contributed by atoms with Crippen LogP contribution in [0.4, 0.5) is 11.6 Å². The molecule has 0 atom stereocenters. The summed E-state index contributed by atoms with van der Waals surface area (Å²) in [5.74, 6) is 1.34. The number of pyridine rings is 1. The number of hydrogen-bond donors (Lipinski definition) is 1. The summed E-state index contributed by atoms with van der Waals surface area (Å²) in [6.07, 6.45) is 5.01. The number of esters is 1. The molecule has 0 radical (unpaired) electrons. The van der Waals surface area contributed by atoms with Crippen LogP contribution in [0.5, 0.6) is 0 Å². The summed E-state index contributed by atoms with van der Waals surface area (Å²) < 4.78 is 5.17. The molecule has 30 heavy (non-hydrogen) atoms. The smallest absolute Gasteiger partial charge is 0.348 e. The molecular weight excluding hydrogens is 400 g/mol. The van der Waals surface area contributed by atoms with Crippen LogP contribution in [0.25, 0.3) is 10.2 Å². The van der Waals surface area contributed by atoms with Gasteiger partial charge in [-0.25, -0.2) is 19.7 Å². The number of thiophene rings is 1. The maximum atomic E-state index is 12.2. The van der Waals surface area contributed by atoms with Crippen molar-refractivity contribution in [2.45, 2.75) is 32.7 Å². The number of aryl methyl sites for hydroxylation is 1. The first-order valence-corrected chi connectivity index (χ1v) is 10.7. The Morgan fingerprint density at radius 3 is 2.80 bits per heavy atom. The number of anilines is 2. The summed E-state index contributed by atoms with van der Waals surface area (Å²) in [6.45, 7) is 5.78. The quantitative estimate of drug-likeness (QED) is 0.623. The molecule has 1 fully saturated rings. The molecule has 1 aliphatic heterocycles. The molecule has 0 amide bonds. The van der Waals surface area contributed by atoms with Crippen molar-refractivity contribution < 1.29 is 9.53 Å². The second kappa shape index (κ2) is 8.63. The highest BCUT2D eigenvalue weighted by Gasteiger charge is 2.24. The number of ether oxygens (including phenoxy) is 1. The molecule has 154 valence electrons. The fourth-order valence-corrected chi connectivity index (χ4v) is 4.70. The lowest BCUT2D eigenvalue weighted by atomic mass is 10.0. The Hall–Kier alpha value is -3.25. The first-order valence-electron chi connectivity index (χ1n) is 9.89. The zero-order valence-electron chi connectivity index (χ0n) is 16.9. The zero-order chi connectivity index (χ0) is 21.1. The van der Waals surface area contributed by atoms with Crippen molar-refractivity contribution in [3.8, 4) is 6.07 Å². The van der Waals surface area contributed by atoms with E-state index < -0.39 is 0 Å². The van der Waals surface area contributed by atoms with Crippen molar-refractivity contribution in [1.82, 2.24) is 15.0 Å². The molecule has 1 N–H and O–H groups in total. The number of fused-ring (bicyclic) bond motifs is 1. The van der Waals surface area contributed by atoms with Crippen LogP contribution in [-0.2, 0) is 4.74 Å². The lowest BCUT2D eigenvalue weighted by Gasteiger charge is -2.33. The summed E-state index contributed by atoms with van der Waals surface area (Å²) in [4.78, 5) is 29.0. The number of carbonyl (C=O) groups is 1. The van der Waals surface area contributed by atoms with Crippen LogP contribution in [0.1, 0.15) is 40.6 Å². The molecule has 1 saturated heterocycles. The highest BCUT2D eigenvalue weighted by molar-refractivity contribution is 7.20. The Morgan fingerprint density at radius 2 is 2.13 bits per heavy atom. The minimum Gasteiger partial charge on any atom is -0.462 e. The largest absolute Gasteiger partial charge is 0.462 e. The minimum atomic E-state index is -0.313. The molecule has 1 aliphatic rings. The Labute approximate surface area is 178 Å². The predicted molar refractivity (Wildman–Crippen MR) is 116 cm³/mol. The monoisotopic (exact) mass is 422 g/mol. The van der Waals surface area contributed by atoms with Gasteiger partial charge in [0.2, 0.25) is 0 Å². The van der Waals surface area contributed by atoms with Gasteiger partial charge >= 0.3 is 5.97 Å². The van der Waals surface area contributed by atoms with Gasteiger partial charge in [0, 0.05) is 25.3 Å². The molecule has 3 aromatic heterocycles. The summed E-state index contributed by atoms with van der Waals surface area (Å²) in [5, 5.41) is 13.4. The highest BCUT2D eigenvalue weighted by Crippen LogP contribution is 2.34.